The molecule has 1 aliphatic heterocycles. The van der Waals surface area contributed by atoms with Gasteiger partial charge in [0.25, 0.3) is 0 Å². The molecule has 0 aliphatic carbocycles. The first-order valence-corrected chi connectivity index (χ1v) is 8.18. The summed E-state index contributed by atoms with van der Waals surface area (Å²) in [6.07, 6.45) is 3.01. The van der Waals surface area contributed by atoms with Crippen LogP contribution in [0.4, 0.5) is 0 Å². The van der Waals surface area contributed by atoms with Gasteiger partial charge in [-0.15, -0.1) is 12.4 Å². The molecule has 2 N–H and O–H groups in total. The molecule has 0 bridgehead atoms. The molecule has 3 heterocycles. The van der Waals surface area contributed by atoms with Gasteiger partial charge in [-0.1, -0.05) is 11.6 Å². The second-order valence-electron chi connectivity index (χ2n) is 4.84. The van der Waals surface area contributed by atoms with Gasteiger partial charge in [0, 0.05) is 38.1 Å². The number of nitrogens with one attached hydrogen (secondary N) is 2. The Hall–Kier alpha value is -0.860. The molecule has 0 radical (unpaired) electrons. The van der Waals surface area contributed by atoms with Gasteiger partial charge in [0.1, 0.15) is 10.5 Å². The Morgan fingerprint density at radius 1 is 1.48 bits per heavy atom. The van der Waals surface area contributed by atoms with Crippen LogP contribution in [0.15, 0.2) is 23.4 Å². The van der Waals surface area contributed by atoms with Crippen LogP contribution in [0.5, 0.6) is 0 Å². The van der Waals surface area contributed by atoms with Gasteiger partial charge in [0.15, 0.2) is 0 Å². The van der Waals surface area contributed by atoms with Crippen molar-refractivity contribution < 1.29 is 8.42 Å². The fourth-order valence-electron chi connectivity index (χ4n) is 2.50. The number of hydrogen-bond acceptors (Lipinski definition) is 4. The summed E-state index contributed by atoms with van der Waals surface area (Å²) in [5, 5.41) is 4.02. The number of nitrogens with zero attached hydrogens (tertiary/aromatic N) is 2. The van der Waals surface area contributed by atoms with Gasteiger partial charge < -0.3 is 10.3 Å². The summed E-state index contributed by atoms with van der Waals surface area (Å²) >= 11 is 6.13. The monoisotopic (exact) mass is 350 g/mol. The van der Waals surface area contributed by atoms with E-state index in [1.54, 1.807) is 12.3 Å². The minimum atomic E-state index is -3.58. The van der Waals surface area contributed by atoms with E-state index in [0.29, 0.717) is 35.7 Å². The molecule has 1 fully saturated rings. The van der Waals surface area contributed by atoms with Crippen LogP contribution in [-0.2, 0) is 10.0 Å². The first-order valence-electron chi connectivity index (χ1n) is 6.36. The first-order chi connectivity index (χ1) is 9.51. The maximum absolute atomic E-state index is 12.8. The summed E-state index contributed by atoms with van der Waals surface area (Å²) < 4.78 is 27.1. The smallest absolute Gasteiger partial charge is 0.245 e. The van der Waals surface area contributed by atoms with Gasteiger partial charge in [-0.2, -0.15) is 4.31 Å². The topological polar surface area (TPSA) is 78.1 Å². The van der Waals surface area contributed by atoms with Gasteiger partial charge in [0.05, 0.1) is 10.4 Å². The van der Waals surface area contributed by atoms with Gasteiger partial charge in [-0.05, 0) is 13.0 Å². The highest BCUT2D eigenvalue weighted by atomic mass is 35.5. The summed E-state index contributed by atoms with van der Waals surface area (Å²) in [6, 6.07) is 1.51. The van der Waals surface area contributed by atoms with Crippen LogP contribution in [0.1, 0.15) is 6.92 Å². The molecular formula is C12H16Cl2N4O2S. The van der Waals surface area contributed by atoms with E-state index in [0.717, 1.165) is 0 Å². The number of aromatic nitrogens is 2. The van der Waals surface area contributed by atoms with Crippen LogP contribution in [0.2, 0.25) is 5.02 Å². The molecule has 1 saturated heterocycles. The Morgan fingerprint density at radius 3 is 2.95 bits per heavy atom. The Bertz CT molecular complexity index is 747. The third kappa shape index (κ3) is 2.76. The van der Waals surface area contributed by atoms with Crippen LogP contribution in [0, 0.1) is 0 Å². The van der Waals surface area contributed by atoms with Crippen molar-refractivity contribution in [3.05, 3.63) is 23.5 Å². The maximum Gasteiger partial charge on any atom is 0.245 e. The molecule has 116 valence electrons. The zero-order chi connectivity index (χ0) is 14.3. The van der Waals surface area contributed by atoms with Crippen molar-refractivity contribution in [1.82, 2.24) is 19.6 Å². The lowest BCUT2D eigenvalue weighted by Gasteiger charge is -2.32. The number of halogens is 2. The highest BCUT2D eigenvalue weighted by Gasteiger charge is 2.33. The van der Waals surface area contributed by atoms with Crippen molar-refractivity contribution in [3.63, 3.8) is 0 Å². The molecule has 2 aromatic rings. The highest BCUT2D eigenvalue weighted by molar-refractivity contribution is 7.89. The molecule has 9 heteroatoms. The van der Waals surface area contributed by atoms with E-state index in [1.807, 2.05) is 6.92 Å². The van der Waals surface area contributed by atoms with Gasteiger partial charge in [-0.3, -0.25) is 0 Å². The zero-order valence-corrected chi connectivity index (χ0v) is 13.7. The number of H-pyrrole nitrogens is 1. The average molecular weight is 351 g/mol. The lowest BCUT2D eigenvalue weighted by Crippen LogP contribution is -2.52. The van der Waals surface area contributed by atoms with Crippen LogP contribution in [-0.4, -0.2) is 48.4 Å². The third-order valence-electron chi connectivity index (χ3n) is 3.51. The summed E-state index contributed by atoms with van der Waals surface area (Å²) in [6.45, 7) is 3.64. The Morgan fingerprint density at radius 2 is 2.24 bits per heavy atom. The SMILES string of the molecule is CC1CNCCN1S(=O)(=O)c1c[nH]c2nccc(Cl)c12.Cl. The molecule has 21 heavy (non-hydrogen) atoms. The number of piperazine rings is 1. The van der Waals surface area contributed by atoms with Crippen molar-refractivity contribution in [2.45, 2.75) is 17.9 Å². The number of hydrogen-bond donors (Lipinski definition) is 2. The number of rotatable bonds is 2. The minimum absolute atomic E-state index is 0. The standard InChI is InChI=1S/C12H15ClN4O2S.ClH/c1-8-6-14-4-5-17(8)20(18,19)10-7-16-12-11(10)9(13)2-3-15-12;/h2-3,7-8,14H,4-6H2,1H3,(H,15,16);1H. The highest BCUT2D eigenvalue weighted by Crippen LogP contribution is 2.31. The Balaban J connectivity index is 0.00000161. The molecule has 1 aliphatic rings. The van der Waals surface area contributed by atoms with E-state index in [1.165, 1.54) is 10.5 Å². The van der Waals surface area contributed by atoms with Crippen molar-refractivity contribution in [2.24, 2.45) is 0 Å². The van der Waals surface area contributed by atoms with Crippen LogP contribution >= 0.6 is 24.0 Å². The lowest BCUT2D eigenvalue weighted by atomic mass is 10.3. The van der Waals surface area contributed by atoms with E-state index in [9.17, 15) is 8.42 Å². The Kier molecular flexibility index (Phi) is 4.79. The van der Waals surface area contributed by atoms with Crippen LogP contribution in [0.3, 0.4) is 0 Å². The molecule has 0 spiro atoms. The van der Waals surface area contributed by atoms with E-state index >= 15 is 0 Å². The van der Waals surface area contributed by atoms with Gasteiger partial charge in [-0.25, -0.2) is 13.4 Å². The van der Waals surface area contributed by atoms with E-state index in [4.69, 9.17) is 11.6 Å². The molecule has 0 amide bonds. The van der Waals surface area contributed by atoms with E-state index < -0.39 is 10.0 Å². The first kappa shape index (κ1) is 16.5. The van der Waals surface area contributed by atoms with Gasteiger partial charge >= 0.3 is 0 Å². The normalized spacial score (nSPS) is 20.4. The number of sulfonamides is 1. The van der Waals surface area contributed by atoms with E-state index in [2.05, 4.69) is 15.3 Å². The largest absolute Gasteiger partial charge is 0.345 e. The number of fused-ring (bicyclic) bond motifs is 1. The molecule has 1 atom stereocenters. The number of pyridine rings is 1. The van der Waals surface area contributed by atoms with Crippen molar-refractivity contribution in [1.29, 1.82) is 0 Å². The maximum atomic E-state index is 12.8. The molecule has 0 saturated carbocycles. The minimum Gasteiger partial charge on any atom is -0.345 e. The van der Waals surface area contributed by atoms with E-state index in [-0.39, 0.29) is 23.3 Å². The quantitative estimate of drug-likeness (QED) is 0.862. The predicted octanol–water partition coefficient (Wildman–Crippen LogP) is 1.62. The van der Waals surface area contributed by atoms with Gasteiger partial charge in [0.2, 0.25) is 10.0 Å². The summed E-state index contributed by atoms with van der Waals surface area (Å²) in [4.78, 5) is 7.17. The second kappa shape index (κ2) is 6.10. The van der Waals surface area contributed by atoms with Crippen molar-refractivity contribution in [2.75, 3.05) is 19.6 Å². The molecule has 2 aromatic heterocycles. The predicted molar refractivity (Wildman–Crippen MR) is 84.6 cm³/mol. The van der Waals surface area contributed by atoms with Crippen molar-refractivity contribution >= 4 is 45.1 Å². The number of aromatic amines is 1. The molecule has 3 rings (SSSR count). The summed E-state index contributed by atoms with van der Waals surface area (Å²) in [5.74, 6) is 0. The molecular weight excluding hydrogens is 335 g/mol. The summed E-state index contributed by atoms with van der Waals surface area (Å²) in [5.41, 5.74) is 0.485. The molecule has 1 unspecified atom stereocenters. The average Bonchev–Trinajstić information content (AvgIpc) is 2.85. The molecule has 6 nitrogen and oxygen atoms in total. The molecule has 0 aromatic carbocycles. The third-order valence-corrected chi connectivity index (χ3v) is 5.87. The van der Waals surface area contributed by atoms with Crippen molar-refractivity contribution in [3.8, 4) is 0 Å². The zero-order valence-electron chi connectivity index (χ0n) is 11.3. The fraction of sp³-hybridized carbons (Fsp3) is 0.417. The second-order valence-corrected chi connectivity index (χ2v) is 7.10. The fourth-order valence-corrected chi connectivity index (χ4v) is 4.61. The lowest BCUT2D eigenvalue weighted by molar-refractivity contribution is 0.284. The summed E-state index contributed by atoms with van der Waals surface area (Å²) in [7, 11) is -3.58. The Labute approximate surface area is 134 Å². The van der Waals surface area contributed by atoms with Crippen LogP contribution < -0.4 is 5.32 Å². The van der Waals surface area contributed by atoms with Crippen LogP contribution in [0.25, 0.3) is 11.0 Å².